The van der Waals surface area contributed by atoms with E-state index in [1.165, 1.54) is 30.6 Å². The van der Waals surface area contributed by atoms with Crippen LogP contribution in [-0.4, -0.2) is 47.4 Å². The first-order valence-electron chi connectivity index (χ1n) is 12.9. The summed E-state index contributed by atoms with van der Waals surface area (Å²) in [5.74, 6) is -2.64. The number of benzene rings is 2. The van der Waals surface area contributed by atoms with Crippen LogP contribution in [0.25, 0.3) is 0 Å². The molecular formula is C28H22Cl2F2N3O8+. The lowest BCUT2D eigenvalue weighted by Gasteiger charge is -2.22. The van der Waals surface area contributed by atoms with Crippen LogP contribution >= 0.6 is 23.2 Å². The number of ether oxygens (including phenoxy) is 3. The minimum absolute atomic E-state index is 0.00582. The maximum atomic E-state index is 13.2. The van der Waals surface area contributed by atoms with E-state index in [-0.39, 0.29) is 51.6 Å². The number of hydrogen-bond acceptors (Lipinski definition) is 8. The number of rotatable bonds is 12. The number of nitrogens with one attached hydrogen (secondary N) is 1. The molecule has 0 spiro atoms. The summed E-state index contributed by atoms with van der Waals surface area (Å²) in [6.45, 7) is -3.64. The van der Waals surface area contributed by atoms with Crippen molar-refractivity contribution in [3.05, 3.63) is 91.2 Å². The van der Waals surface area contributed by atoms with Gasteiger partial charge in [-0.05, 0) is 42.5 Å². The monoisotopic (exact) mass is 636 g/mol. The van der Waals surface area contributed by atoms with E-state index in [4.69, 9.17) is 32.7 Å². The van der Waals surface area contributed by atoms with Gasteiger partial charge in [-0.3, -0.25) is 29.4 Å². The molecule has 2 amide bonds. The molecule has 0 radical (unpaired) electrons. The topological polar surface area (TPSA) is 139 Å². The van der Waals surface area contributed by atoms with Crippen molar-refractivity contribution in [3.63, 3.8) is 0 Å². The maximum Gasteiger partial charge on any atom is 0.387 e. The Balaban J connectivity index is 1.42. The second-order valence-electron chi connectivity index (χ2n) is 9.83. The molecule has 0 bridgehead atoms. The summed E-state index contributed by atoms with van der Waals surface area (Å²) < 4.78 is 42.2. The normalized spacial score (nSPS) is 15.0. The molecule has 0 unspecified atom stereocenters. The second-order valence-corrected chi connectivity index (χ2v) is 10.6. The highest BCUT2D eigenvalue weighted by molar-refractivity contribution is 6.35. The second kappa shape index (κ2) is 12.5. The molecule has 224 valence electrons. The predicted molar refractivity (Wildman–Crippen MR) is 145 cm³/mol. The van der Waals surface area contributed by atoms with E-state index in [9.17, 15) is 33.3 Å². The molecule has 15 heteroatoms. The van der Waals surface area contributed by atoms with Crippen molar-refractivity contribution < 1.29 is 47.3 Å². The van der Waals surface area contributed by atoms with Gasteiger partial charge in [-0.25, -0.2) is 4.98 Å². The Kier molecular flexibility index (Phi) is 8.74. The lowest BCUT2D eigenvalue weighted by atomic mass is 10.0. The first-order valence-corrected chi connectivity index (χ1v) is 13.7. The molecule has 1 aliphatic carbocycles. The highest BCUT2D eigenvalue weighted by Crippen LogP contribution is 2.38. The van der Waals surface area contributed by atoms with Crippen LogP contribution in [0.4, 0.5) is 14.5 Å². The highest BCUT2D eigenvalue weighted by Gasteiger charge is 2.39. The minimum Gasteiger partial charge on any atom is -0.489 e. The standard InChI is InChI=1S/C28H21Cl2F2N3O8/c29-20-10-33-11-21(30)19(20)9-23(15-3-6-22(43-28(31)32)24(7-15)41-13-14-1-2-14)42-25(36)12-34-26(37)17-5-4-16(35(39)40)8-18(17)27(34)38/h3-8,10-11,14,23,28H,1-2,9,12-13H2/p+1/t23-/m0/s1. The molecule has 0 saturated heterocycles. The third-order valence-electron chi connectivity index (χ3n) is 6.84. The molecule has 11 nitrogen and oxygen atoms in total. The van der Waals surface area contributed by atoms with E-state index in [1.807, 2.05) is 0 Å². The zero-order chi connectivity index (χ0) is 30.8. The zero-order valence-corrected chi connectivity index (χ0v) is 23.6. The zero-order valence-electron chi connectivity index (χ0n) is 22.1. The molecule has 2 heterocycles. The van der Waals surface area contributed by atoms with Gasteiger partial charge in [-0.2, -0.15) is 8.78 Å². The summed E-state index contributed by atoms with van der Waals surface area (Å²) >= 11 is 12.7. The minimum atomic E-state index is -3.11. The van der Waals surface area contributed by atoms with E-state index < -0.39 is 47.7 Å². The van der Waals surface area contributed by atoms with Crippen LogP contribution in [0.2, 0.25) is 10.0 Å². The SMILES string of the molecule is O=C(CN1C(=O)c2ccc([N+](=O)[O-])cc2C1=O)O[C@@H](Cc1c(Cl)c[nH+]cc1Cl)c1ccc(OC(F)F)c(OCC2CC2)c1. The van der Waals surface area contributed by atoms with E-state index in [1.54, 1.807) is 0 Å². The number of nitro benzene ring substituents is 1. The number of fused-ring (bicyclic) bond motifs is 1. The number of amides is 2. The van der Waals surface area contributed by atoms with Crippen molar-refractivity contribution in [2.45, 2.75) is 32.0 Å². The summed E-state index contributed by atoms with van der Waals surface area (Å²) in [5, 5.41) is 11.6. The average Bonchev–Trinajstić information content (AvgIpc) is 3.76. The van der Waals surface area contributed by atoms with Gasteiger partial charge in [-0.1, -0.05) is 29.3 Å². The van der Waals surface area contributed by atoms with E-state index in [2.05, 4.69) is 9.72 Å². The van der Waals surface area contributed by atoms with Gasteiger partial charge in [0.15, 0.2) is 23.9 Å². The van der Waals surface area contributed by atoms with Gasteiger partial charge in [0.2, 0.25) is 0 Å². The van der Waals surface area contributed by atoms with Gasteiger partial charge in [0.05, 0.1) is 22.7 Å². The van der Waals surface area contributed by atoms with Crippen LogP contribution in [0.15, 0.2) is 48.8 Å². The first kappa shape index (κ1) is 30.1. The lowest BCUT2D eigenvalue weighted by Crippen LogP contribution is -2.36. The third-order valence-corrected chi connectivity index (χ3v) is 7.51. The van der Waals surface area contributed by atoms with Gasteiger partial charge >= 0.3 is 12.6 Å². The Morgan fingerprint density at radius 2 is 1.74 bits per heavy atom. The molecule has 1 saturated carbocycles. The van der Waals surface area contributed by atoms with Gasteiger partial charge < -0.3 is 14.2 Å². The van der Waals surface area contributed by atoms with E-state index in [0.717, 1.165) is 31.0 Å². The molecule has 3 aromatic rings. The number of H-pyrrole nitrogens is 1. The fourth-order valence-electron chi connectivity index (χ4n) is 4.47. The van der Waals surface area contributed by atoms with E-state index in [0.29, 0.717) is 16.0 Å². The molecular weight excluding hydrogens is 615 g/mol. The Morgan fingerprint density at radius 3 is 2.40 bits per heavy atom. The molecule has 43 heavy (non-hydrogen) atoms. The van der Waals surface area contributed by atoms with Gasteiger partial charge in [0.25, 0.3) is 17.5 Å². The number of non-ortho nitro benzene ring substituents is 1. The number of esters is 1. The van der Waals surface area contributed by atoms with Crippen LogP contribution < -0.4 is 14.5 Å². The van der Waals surface area contributed by atoms with Crippen molar-refractivity contribution in [2.75, 3.05) is 13.2 Å². The number of nitrogens with zero attached hydrogens (tertiary/aromatic N) is 2. The first-order chi connectivity index (χ1) is 20.5. The van der Waals surface area contributed by atoms with Crippen molar-refractivity contribution in [3.8, 4) is 11.5 Å². The number of carbonyl (C=O) groups is 3. The van der Waals surface area contributed by atoms with Gasteiger partial charge in [0, 0.05) is 24.1 Å². The molecule has 1 N–H and O–H groups in total. The van der Waals surface area contributed by atoms with Crippen molar-refractivity contribution in [2.24, 2.45) is 5.92 Å². The summed E-state index contributed by atoms with van der Waals surface area (Å²) in [7, 11) is 0. The Hall–Kier alpha value is -4.36. The fourth-order valence-corrected chi connectivity index (χ4v) is 5.00. The third kappa shape index (κ3) is 6.83. The number of carbonyl (C=O) groups excluding carboxylic acids is 3. The summed E-state index contributed by atoms with van der Waals surface area (Å²) in [4.78, 5) is 52.7. The van der Waals surface area contributed by atoms with Gasteiger partial charge in [0.1, 0.15) is 22.7 Å². The number of hydrogen-bond donors (Lipinski definition) is 0. The van der Waals surface area contributed by atoms with Crippen LogP contribution in [0, 0.1) is 16.0 Å². The predicted octanol–water partition coefficient (Wildman–Crippen LogP) is 5.23. The molecule has 2 aliphatic rings. The number of nitro groups is 1. The Bertz CT molecular complexity index is 1600. The molecule has 1 fully saturated rings. The fraction of sp³-hybridized carbons (Fsp3) is 0.286. The van der Waals surface area contributed by atoms with Crippen LogP contribution in [-0.2, 0) is 16.0 Å². The lowest BCUT2D eigenvalue weighted by molar-refractivity contribution is -0.384. The molecule has 2 aromatic carbocycles. The number of aromatic amines is 1. The number of aromatic nitrogens is 1. The summed E-state index contributed by atoms with van der Waals surface area (Å²) in [5.41, 5.74) is -0.00179. The average molecular weight is 637 g/mol. The molecule has 1 atom stereocenters. The quantitative estimate of drug-likeness (QED) is 0.114. The van der Waals surface area contributed by atoms with E-state index >= 15 is 0 Å². The summed E-state index contributed by atoms with van der Waals surface area (Å²) in [6, 6.07) is 7.24. The van der Waals surface area contributed by atoms with Crippen molar-refractivity contribution >= 4 is 46.7 Å². The van der Waals surface area contributed by atoms with Crippen LogP contribution in [0.5, 0.6) is 11.5 Å². The molecule has 1 aromatic heterocycles. The summed E-state index contributed by atoms with van der Waals surface area (Å²) in [6.07, 6.45) is 3.59. The van der Waals surface area contributed by atoms with Gasteiger partial charge in [-0.15, -0.1) is 0 Å². The largest absolute Gasteiger partial charge is 0.489 e. The number of halogens is 4. The number of pyridine rings is 1. The highest BCUT2D eigenvalue weighted by atomic mass is 35.5. The molecule has 1 aliphatic heterocycles. The number of imide groups is 1. The van der Waals surface area contributed by atoms with Crippen molar-refractivity contribution in [1.29, 1.82) is 0 Å². The van der Waals surface area contributed by atoms with Crippen molar-refractivity contribution in [1.82, 2.24) is 4.90 Å². The number of alkyl halides is 2. The van der Waals surface area contributed by atoms with Crippen LogP contribution in [0.3, 0.4) is 0 Å². The Morgan fingerprint density at radius 1 is 1.05 bits per heavy atom. The molecule has 5 rings (SSSR count). The van der Waals surface area contributed by atoms with Crippen LogP contribution in [0.1, 0.15) is 50.8 Å². The Labute approximate surface area is 252 Å². The maximum absolute atomic E-state index is 13.2. The smallest absolute Gasteiger partial charge is 0.387 e.